The highest BCUT2D eigenvalue weighted by Crippen LogP contribution is 2.11. The summed E-state index contributed by atoms with van der Waals surface area (Å²) < 4.78 is 4.58. The molecule has 1 aromatic carbocycles. The molecule has 0 radical (unpaired) electrons. The van der Waals surface area contributed by atoms with Crippen molar-refractivity contribution < 1.29 is 9.84 Å². The zero-order valence-electron chi connectivity index (χ0n) is 7.47. The van der Waals surface area contributed by atoms with Crippen molar-refractivity contribution in [1.29, 1.82) is 0 Å². The van der Waals surface area contributed by atoms with E-state index in [-0.39, 0.29) is 12.0 Å². The van der Waals surface area contributed by atoms with Crippen LogP contribution in [0.5, 0.6) is 0 Å². The van der Waals surface area contributed by atoms with E-state index in [1.165, 1.54) is 13.2 Å². The van der Waals surface area contributed by atoms with Crippen LogP contribution in [0, 0.1) is 0 Å². The van der Waals surface area contributed by atoms with Crippen molar-refractivity contribution in [2.45, 2.75) is 6.04 Å². The fourth-order valence-corrected chi connectivity index (χ4v) is 0.993. The van der Waals surface area contributed by atoms with E-state index < -0.39 is 0 Å². The van der Waals surface area contributed by atoms with Gasteiger partial charge in [-0.2, -0.15) is 0 Å². The van der Waals surface area contributed by atoms with Crippen LogP contribution in [-0.2, 0) is 4.74 Å². The first-order valence-corrected chi connectivity index (χ1v) is 3.99. The minimum atomic E-state index is -0.332. The molecule has 3 heteroatoms. The van der Waals surface area contributed by atoms with Gasteiger partial charge in [0.2, 0.25) is 0 Å². The Labute approximate surface area is 77.4 Å². The van der Waals surface area contributed by atoms with Gasteiger partial charge in [0, 0.05) is 6.08 Å². The van der Waals surface area contributed by atoms with Crippen molar-refractivity contribution >= 4 is 0 Å². The van der Waals surface area contributed by atoms with Gasteiger partial charge in [0.05, 0.1) is 13.2 Å². The van der Waals surface area contributed by atoms with Gasteiger partial charge in [0.15, 0.2) is 0 Å². The van der Waals surface area contributed by atoms with Crippen LogP contribution < -0.4 is 5.73 Å². The molecule has 0 aromatic heterocycles. The van der Waals surface area contributed by atoms with Crippen molar-refractivity contribution in [2.24, 2.45) is 5.73 Å². The molecule has 70 valence electrons. The fraction of sp³-hybridized carbons (Fsp3) is 0.200. The van der Waals surface area contributed by atoms with Gasteiger partial charge < -0.3 is 15.6 Å². The second-order valence-electron chi connectivity index (χ2n) is 2.65. The number of ether oxygens (including phenoxy) is 1. The lowest BCUT2D eigenvalue weighted by atomic mass is 10.1. The molecule has 0 saturated heterocycles. The van der Waals surface area contributed by atoms with E-state index in [0.29, 0.717) is 0 Å². The van der Waals surface area contributed by atoms with Gasteiger partial charge in [-0.25, -0.2) is 0 Å². The number of aliphatic hydroxyl groups excluding tert-OH is 1. The Morgan fingerprint density at radius 2 is 2.08 bits per heavy atom. The Morgan fingerprint density at radius 1 is 1.46 bits per heavy atom. The quantitative estimate of drug-likeness (QED) is 0.695. The summed E-state index contributed by atoms with van der Waals surface area (Å²) in [5.74, 6) is -0.156. The lowest BCUT2D eigenvalue weighted by molar-refractivity contribution is 0.134. The first-order valence-electron chi connectivity index (χ1n) is 3.99. The van der Waals surface area contributed by atoms with Gasteiger partial charge in [-0.3, -0.25) is 0 Å². The third-order valence-electron chi connectivity index (χ3n) is 1.72. The van der Waals surface area contributed by atoms with Crippen LogP contribution in [0.15, 0.2) is 42.4 Å². The minimum Gasteiger partial charge on any atom is -0.481 e. The summed E-state index contributed by atoms with van der Waals surface area (Å²) >= 11 is 0. The van der Waals surface area contributed by atoms with Crippen LogP contribution >= 0.6 is 0 Å². The van der Waals surface area contributed by atoms with Crippen molar-refractivity contribution in [3.05, 3.63) is 47.9 Å². The highest BCUT2D eigenvalue weighted by Gasteiger charge is 2.02. The highest BCUT2D eigenvalue weighted by molar-refractivity contribution is 5.22. The van der Waals surface area contributed by atoms with Crippen molar-refractivity contribution in [3.8, 4) is 0 Å². The standard InChI is InChI=1S/C10H13NO2/c1-13-10(12)7-9(11)8-5-3-2-4-6-8/h2-7,9,12H,11H2,1H3/b10-7+. The second kappa shape index (κ2) is 4.52. The van der Waals surface area contributed by atoms with Crippen molar-refractivity contribution in [2.75, 3.05) is 7.11 Å². The highest BCUT2D eigenvalue weighted by atomic mass is 16.6. The lowest BCUT2D eigenvalue weighted by Gasteiger charge is -2.06. The Kier molecular flexibility index (Phi) is 3.34. The summed E-state index contributed by atoms with van der Waals surface area (Å²) in [4.78, 5) is 0. The van der Waals surface area contributed by atoms with E-state index >= 15 is 0 Å². The second-order valence-corrected chi connectivity index (χ2v) is 2.65. The normalized spacial score (nSPS) is 13.8. The SMILES string of the molecule is CO/C(O)=C/C(N)c1ccccc1. The molecule has 0 bridgehead atoms. The zero-order valence-corrected chi connectivity index (χ0v) is 7.47. The van der Waals surface area contributed by atoms with Crippen LogP contribution in [0.25, 0.3) is 0 Å². The number of benzene rings is 1. The molecule has 13 heavy (non-hydrogen) atoms. The number of hydrogen-bond acceptors (Lipinski definition) is 3. The molecule has 1 atom stereocenters. The molecule has 3 nitrogen and oxygen atoms in total. The molecule has 0 amide bonds. The van der Waals surface area contributed by atoms with Gasteiger partial charge in [-0.1, -0.05) is 30.3 Å². The third-order valence-corrected chi connectivity index (χ3v) is 1.72. The van der Waals surface area contributed by atoms with Crippen LogP contribution in [0.4, 0.5) is 0 Å². The number of nitrogens with two attached hydrogens (primary N) is 1. The molecule has 3 N–H and O–H groups in total. The van der Waals surface area contributed by atoms with Gasteiger partial charge in [0.25, 0.3) is 5.95 Å². The molecule has 0 aliphatic rings. The zero-order chi connectivity index (χ0) is 9.68. The average Bonchev–Trinajstić information content (AvgIpc) is 2.19. The van der Waals surface area contributed by atoms with Crippen LogP contribution in [-0.4, -0.2) is 12.2 Å². The summed E-state index contributed by atoms with van der Waals surface area (Å²) in [6.45, 7) is 0. The molecular weight excluding hydrogens is 166 g/mol. The molecule has 0 saturated carbocycles. The average molecular weight is 179 g/mol. The largest absolute Gasteiger partial charge is 0.481 e. The summed E-state index contributed by atoms with van der Waals surface area (Å²) in [6, 6.07) is 9.16. The van der Waals surface area contributed by atoms with Crippen LogP contribution in [0.3, 0.4) is 0 Å². The third kappa shape index (κ3) is 2.80. The maximum atomic E-state index is 9.05. The Balaban J connectivity index is 2.75. The topological polar surface area (TPSA) is 55.5 Å². The Hall–Kier alpha value is -1.48. The molecule has 0 heterocycles. The molecule has 1 unspecified atom stereocenters. The molecule has 0 aliphatic heterocycles. The number of hydrogen-bond donors (Lipinski definition) is 2. The molecule has 0 spiro atoms. The predicted molar refractivity (Wildman–Crippen MR) is 51.1 cm³/mol. The van der Waals surface area contributed by atoms with E-state index in [1.807, 2.05) is 30.3 Å². The van der Waals surface area contributed by atoms with Crippen molar-refractivity contribution in [1.82, 2.24) is 0 Å². The predicted octanol–water partition coefficient (Wildman–Crippen LogP) is 1.73. The maximum absolute atomic E-state index is 9.05. The van der Waals surface area contributed by atoms with Gasteiger partial charge >= 0.3 is 0 Å². The Bertz CT molecular complexity index is 282. The van der Waals surface area contributed by atoms with E-state index in [4.69, 9.17) is 10.8 Å². The summed E-state index contributed by atoms with van der Waals surface area (Å²) in [7, 11) is 1.39. The lowest BCUT2D eigenvalue weighted by Crippen LogP contribution is -2.08. The molecule has 1 aromatic rings. The number of aliphatic hydroxyl groups is 1. The maximum Gasteiger partial charge on any atom is 0.274 e. The van der Waals surface area contributed by atoms with E-state index in [9.17, 15) is 0 Å². The van der Waals surface area contributed by atoms with Gasteiger partial charge in [0.1, 0.15) is 0 Å². The molecule has 0 aliphatic carbocycles. The first-order chi connectivity index (χ1) is 6.24. The van der Waals surface area contributed by atoms with Crippen LogP contribution in [0.1, 0.15) is 11.6 Å². The smallest absolute Gasteiger partial charge is 0.274 e. The van der Waals surface area contributed by atoms with Crippen molar-refractivity contribution in [3.63, 3.8) is 0 Å². The van der Waals surface area contributed by atoms with Crippen LogP contribution in [0.2, 0.25) is 0 Å². The monoisotopic (exact) mass is 179 g/mol. The minimum absolute atomic E-state index is 0.156. The molecular formula is C10H13NO2. The fourth-order valence-electron chi connectivity index (χ4n) is 0.993. The van der Waals surface area contributed by atoms with Gasteiger partial charge in [-0.05, 0) is 5.56 Å². The summed E-state index contributed by atoms with van der Waals surface area (Å²) in [5, 5.41) is 9.05. The van der Waals surface area contributed by atoms with E-state index in [1.54, 1.807) is 0 Å². The molecule has 1 rings (SSSR count). The molecule has 0 fully saturated rings. The first kappa shape index (κ1) is 9.61. The van der Waals surface area contributed by atoms with E-state index in [2.05, 4.69) is 4.74 Å². The van der Waals surface area contributed by atoms with E-state index in [0.717, 1.165) is 5.56 Å². The Morgan fingerprint density at radius 3 is 2.62 bits per heavy atom. The number of rotatable bonds is 3. The summed E-state index contributed by atoms with van der Waals surface area (Å²) in [5.41, 5.74) is 6.69. The summed E-state index contributed by atoms with van der Waals surface area (Å²) in [6.07, 6.45) is 1.45. The number of methoxy groups -OCH3 is 1. The van der Waals surface area contributed by atoms with Gasteiger partial charge in [-0.15, -0.1) is 0 Å².